The van der Waals surface area contributed by atoms with Crippen molar-refractivity contribution >= 4 is 5.97 Å². The minimum absolute atomic E-state index is 0. The predicted molar refractivity (Wildman–Crippen MR) is 32.2 cm³/mol. The minimum atomic E-state index is -0.899. The average Bonchev–Trinajstić information content (AvgIpc) is 1.90. The molecule has 0 aromatic heterocycles. The Hall–Kier alpha value is -0.791. The third kappa shape index (κ3) is 2.21. The molecule has 2 nitrogen and oxygen atoms in total. The van der Waals surface area contributed by atoms with Crippen LogP contribution in [0.4, 0.5) is 0 Å². The molecule has 0 atom stereocenters. The summed E-state index contributed by atoms with van der Waals surface area (Å²) in [6.07, 6.45) is 0. The van der Waals surface area contributed by atoms with Crippen molar-refractivity contribution in [3.05, 3.63) is 35.9 Å². The zero-order valence-electron chi connectivity index (χ0n) is 5.04. The van der Waals surface area contributed by atoms with E-state index in [-0.39, 0.29) is 17.1 Å². The van der Waals surface area contributed by atoms with Crippen molar-refractivity contribution in [1.82, 2.24) is 0 Å². The Kier molecular flexibility index (Phi) is 3.77. The predicted octanol–water partition coefficient (Wildman–Crippen LogP) is 1.18. The normalized spacial score (nSPS) is 8.00. The molecule has 52 valence electrons. The van der Waals surface area contributed by atoms with Crippen LogP contribution in [0.15, 0.2) is 24.3 Å². The fourth-order valence-corrected chi connectivity index (χ4v) is 0.529. The molecule has 3 heteroatoms. The second kappa shape index (κ2) is 4.09. The Morgan fingerprint density at radius 2 is 1.90 bits per heavy atom. The summed E-state index contributed by atoms with van der Waals surface area (Å²) < 4.78 is 0. The molecule has 0 spiro atoms. The number of rotatable bonds is 1. The van der Waals surface area contributed by atoms with E-state index < -0.39 is 5.97 Å². The molecular weight excluding hydrogens is 171 g/mol. The Labute approximate surface area is 69.3 Å². The van der Waals surface area contributed by atoms with Crippen LogP contribution in [0.5, 0.6) is 0 Å². The van der Waals surface area contributed by atoms with E-state index in [1.54, 1.807) is 12.1 Å². The van der Waals surface area contributed by atoms with Crippen LogP contribution in [0.1, 0.15) is 10.4 Å². The first kappa shape index (κ1) is 9.21. The number of aromatic carboxylic acids is 1. The third-order valence-electron chi connectivity index (χ3n) is 0.965. The van der Waals surface area contributed by atoms with Gasteiger partial charge in [-0.05, 0) is 18.2 Å². The maximum Gasteiger partial charge on any atom is 0.335 e. The van der Waals surface area contributed by atoms with Gasteiger partial charge in [0.15, 0.2) is 0 Å². The molecule has 0 heterocycles. The largest absolute Gasteiger partial charge is 0.478 e. The van der Waals surface area contributed by atoms with Gasteiger partial charge in [-0.15, -0.1) is 0 Å². The van der Waals surface area contributed by atoms with E-state index in [1.807, 2.05) is 0 Å². The molecule has 0 aliphatic heterocycles. The van der Waals surface area contributed by atoms with Gasteiger partial charge in [0.1, 0.15) is 0 Å². The van der Waals surface area contributed by atoms with E-state index >= 15 is 0 Å². The van der Waals surface area contributed by atoms with Crippen LogP contribution in [0.3, 0.4) is 0 Å². The smallest absolute Gasteiger partial charge is 0.335 e. The molecule has 0 amide bonds. The maximum absolute atomic E-state index is 10.2. The Morgan fingerprint density at radius 1 is 1.40 bits per heavy atom. The summed E-state index contributed by atoms with van der Waals surface area (Å²) in [5.74, 6) is -0.899. The van der Waals surface area contributed by atoms with Gasteiger partial charge in [-0.2, -0.15) is 0 Å². The standard InChI is InChI=1S/C7H5O2.Mn/c8-7(9)6-4-2-1-3-5-6;/h2-5H,(H,8,9);. The molecule has 1 aromatic rings. The van der Waals surface area contributed by atoms with E-state index in [9.17, 15) is 4.79 Å². The quantitative estimate of drug-likeness (QED) is 0.652. The number of carboxylic acid groups (broad SMARTS) is 1. The first-order valence-electron chi connectivity index (χ1n) is 2.50. The zero-order valence-corrected chi connectivity index (χ0v) is 6.22. The summed E-state index contributed by atoms with van der Waals surface area (Å²) in [7, 11) is 0. The van der Waals surface area contributed by atoms with Crippen LogP contribution in [0, 0.1) is 6.07 Å². The van der Waals surface area contributed by atoms with Gasteiger partial charge in [0, 0.05) is 17.1 Å². The number of carboxylic acids is 1. The van der Waals surface area contributed by atoms with Gasteiger partial charge in [-0.1, -0.05) is 12.1 Å². The fourth-order valence-electron chi connectivity index (χ4n) is 0.529. The van der Waals surface area contributed by atoms with Crippen LogP contribution in [-0.4, -0.2) is 11.1 Å². The first-order valence-corrected chi connectivity index (χ1v) is 2.50. The molecule has 0 saturated carbocycles. The Morgan fingerprint density at radius 3 is 2.20 bits per heavy atom. The van der Waals surface area contributed by atoms with Crippen LogP contribution < -0.4 is 0 Å². The van der Waals surface area contributed by atoms with E-state index in [4.69, 9.17) is 5.11 Å². The SMILES string of the molecule is O=C(O)c1cc[c]cc1.[Mn]. The molecular formula is C7H5MnO2. The van der Waals surface area contributed by atoms with Gasteiger partial charge in [-0.25, -0.2) is 4.79 Å². The molecule has 1 N–H and O–H groups in total. The molecule has 0 aliphatic carbocycles. The summed E-state index contributed by atoms with van der Waals surface area (Å²) in [6, 6.07) is 8.87. The third-order valence-corrected chi connectivity index (χ3v) is 0.965. The van der Waals surface area contributed by atoms with Crippen molar-refractivity contribution in [3.8, 4) is 0 Å². The summed E-state index contributed by atoms with van der Waals surface area (Å²) >= 11 is 0. The molecule has 2 radical (unpaired) electrons. The second-order valence-corrected chi connectivity index (χ2v) is 1.59. The first-order chi connectivity index (χ1) is 4.30. The Balaban J connectivity index is 0.000000810. The molecule has 10 heavy (non-hydrogen) atoms. The van der Waals surface area contributed by atoms with Gasteiger partial charge < -0.3 is 5.11 Å². The van der Waals surface area contributed by atoms with Crippen LogP contribution in [-0.2, 0) is 17.1 Å². The molecule has 0 fully saturated rings. The molecule has 0 saturated heterocycles. The maximum atomic E-state index is 10.2. The van der Waals surface area contributed by atoms with E-state index in [0.29, 0.717) is 5.56 Å². The van der Waals surface area contributed by atoms with E-state index in [0.717, 1.165) is 0 Å². The van der Waals surface area contributed by atoms with Crippen molar-refractivity contribution in [2.75, 3.05) is 0 Å². The summed E-state index contributed by atoms with van der Waals surface area (Å²) in [6.45, 7) is 0. The summed E-state index contributed by atoms with van der Waals surface area (Å²) in [4.78, 5) is 10.2. The summed E-state index contributed by atoms with van der Waals surface area (Å²) in [5, 5.41) is 8.37. The van der Waals surface area contributed by atoms with E-state index in [1.165, 1.54) is 12.1 Å². The Bertz CT molecular complexity index is 208. The van der Waals surface area contributed by atoms with Gasteiger partial charge in [0.05, 0.1) is 5.56 Å². The molecule has 1 aromatic carbocycles. The van der Waals surface area contributed by atoms with Gasteiger partial charge >= 0.3 is 5.97 Å². The molecule has 1 rings (SSSR count). The second-order valence-electron chi connectivity index (χ2n) is 1.59. The van der Waals surface area contributed by atoms with Crippen LogP contribution in [0.2, 0.25) is 0 Å². The molecule has 0 aliphatic rings. The zero-order chi connectivity index (χ0) is 6.69. The average molecular weight is 176 g/mol. The number of hydrogen-bond donors (Lipinski definition) is 1. The van der Waals surface area contributed by atoms with Crippen molar-refractivity contribution in [3.63, 3.8) is 0 Å². The van der Waals surface area contributed by atoms with Crippen LogP contribution >= 0.6 is 0 Å². The van der Waals surface area contributed by atoms with Crippen molar-refractivity contribution in [2.24, 2.45) is 0 Å². The monoisotopic (exact) mass is 176 g/mol. The van der Waals surface area contributed by atoms with Crippen molar-refractivity contribution in [1.29, 1.82) is 0 Å². The summed E-state index contributed by atoms with van der Waals surface area (Å²) in [5.41, 5.74) is 0.300. The molecule has 0 unspecified atom stereocenters. The van der Waals surface area contributed by atoms with Gasteiger partial charge in [-0.3, -0.25) is 0 Å². The van der Waals surface area contributed by atoms with Gasteiger partial charge in [0.2, 0.25) is 0 Å². The number of carbonyl (C=O) groups is 1. The van der Waals surface area contributed by atoms with Crippen LogP contribution in [0.25, 0.3) is 0 Å². The van der Waals surface area contributed by atoms with Crippen molar-refractivity contribution < 1.29 is 27.0 Å². The number of benzene rings is 1. The number of hydrogen-bond acceptors (Lipinski definition) is 1. The minimum Gasteiger partial charge on any atom is -0.478 e. The van der Waals surface area contributed by atoms with Crippen molar-refractivity contribution in [2.45, 2.75) is 0 Å². The topological polar surface area (TPSA) is 37.3 Å². The molecule has 0 bridgehead atoms. The van der Waals surface area contributed by atoms with Gasteiger partial charge in [0.25, 0.3) is 0 Å². The fraction of sp³-hybridized carbons (Fsp3) is 0. The van der Waals surface area contributed by atoms with E-state index in [2.05, 4.69) is 6.07 Å².